The van der Waals surface area contributed by atoms with Gasteiger partial charge in [-0.2, -0.15) is 0 Å². The van der Waals surface area contributed by atoms with Crippen molar-refractivity contribution in [3.63, 3.8) is 0 Å². The highest BCUT2D eigenvalue weighted by molar-refractivity contribution is 5.96. The summed E-state index contributed by atoms with van der Waals surface area (Å²) in [5.74, 6) is 2.74. The molecule has 0 saturated carbocycles. The SMILES string of the molecule is c1ccc(-c2cc(-c3ccccc3)cc(N(c3ccc4c(c3)Oc3cc5c(cc3O4)-c3ccccc3C53c4ccccc4-c4ccccc43)c3ccccc3-c3ccccc3)c2)cc1. The van der Waals surface area contributed by atoms with Gasteiger partial charge in [-0.3, -0.25) is 0 Å². The van der Waals surface area contributed by atoms with Crippen molar-refractivity contribution >= 4 is 17.1 Å². The maximum absolute atomic E-state index is 7.09. The van der Waals surface area contributed by atoms with Gasteiger partial charge in [0.2, 0.25) is 0 Å². The molecule has 3 nitrogen and oxygen atoms in total. The van der Waals surface area contributed by atoms with Gasteiger partial charge in [0.25, 0.3) is 0 Å². The average molecular weight is 818 g/mol. The topological polar surface area (TPSA) is 21.7 Å². The van der Waals surface area contributed by atoms with E-state index in [-0.39, 0.29) is 0 Å². The van der Waals surface area contributed by atoms with E-state index in [9.17, 15) is 0 Å². The largest absolute Gasteiger partial charge is 0.449 e. The second kappa shape index (κ2) is 14.3. The van der Waals surface area contributed by atoms with Crippen LogP contribution >= 0.6 is 0 Å². The summed E-state index contributed by atoms with van der Waals surface area (Å²) in [6.07, 6.45) is 0. The van der Waals surface area contributed by atoms with Crippen molar-refractivity contribution < 1.29 is 9.47 Å². The molecular weight excluding hydrogens is 779 g/mol. The van der Waals surface area contributed by atoms with Gasteiger partial charge in [0, 0.05) is 17.3 Å². The van der Waals surface area contributed by atoms with Crippen LogP contribution in [0.4, 0.5) is 17.1 Å². The molecule has 0 N–H and O–H groups in total. The number of hydrogen-bond donors (Lipinski definition) is 0. The standard InChI is InChI=1S/C61H39NO2/c1-4-18-40(19-5-1)43-34-44(41-20-6-2-7-21-41)36-46(35-43)62(56-31-17-13-24-47(56)42-22-8-3-9-23-42)45-32-33-57-58(37-45)64-60-39-55-51(38-59(60)63-57)50-27-12-16-30-54(50)61(55)52-28-14-10-25-48(52)49-26-11-15-29-53(49)61/h1-39H. The van der Waals surface area contributed by atoms with Crippen LogP contribution in [0.2, 0.25) is 0 Å². The Hall–Kier alpha value is -8.40. The third-order valence-electron chi connectivity index (χ3n) is 13.3. The molecule has 10 aromatic rings. The first-order valence-corrected chi connectivity index (χ1v) is 21.9. The molecule has 0 radical (unpaired) electrons. The molecule has 1 spiro atoms. The minimum absolute atomic E-state index is 0.488. The van der Waals surface area contributed by atoms with Crippen LogP contribution in [-0.2, 0) is 5.41 Å². The number of nitrogens with zero attached hydrogens (tertiary/aromatic N) is 1. The Morgan fingerprint density at radius 3 is 1.31 bits per heavy atom. The third-order valence-corrected chi connectivity index (χ3v) is 13.3. The molecule has 0 fully saturated rings. The highest BCUT2D eigenvalue weighted by Gasteiger charge is 2.52. The Morgan fingerprint density at radius 1 is 0.266 bits per heavy atom. The van der Waals surface area contributed by atoms with Crippen LogP contribution in [0.1, 0.15) is 22.3 Å². The monoisotopic (exact) mass is 817 g/mol. The maximum Gasteiger partial charge on any atom is 0.172 e. The van der Waals surface area contributed by atoms with Crippen molar-refractivity contribution in [2.24, 2.45) is 0 Å². The first-order chi connectivity index (χ1) is 31.7. The zero-order valence-electron chi connectivity index (χ0n) is 34.8. The summed E-state index contributed by atoms with van der Waals surface area (Å²) < 4.78 is 13.9. The minimum Gasteiger partial charge on any atom is -0.449 e. The quantitative estimate of drug-likeness (QED) is 0.167. The molecule has 13 rings (SSSR count). The van der Waals surface area contributed by atoms with Crippen LogP contribution in [-0.4, -0.2) is 0 Å². The molecule has 1 heterocycles. The van der Waals surface area contributed by atoms with Gasteiger partial charge in [-0.15, -0.1) is 0 Å². The summed E-state index contributed by atoms with van der Waals surface area (Å²) >= 11 is 0. The van der Waals surface area contributed by atoms with Crippen molar-refractivity contribution in [1.82, 2.24) is 0 Å². The second-order valence-corrected chi connectivity index (χ2v) is 16.8. The first-order valence-electron chi connectivity index (χ1n) is 21.9. The molecule has 300 valence electrons. The summed E-state index contributed by atoms with van der Waals surface area (Å²) in [6, 6.07) is 84.9. The number of fused-ring (bicyclic) bond motifs is 12. The van der Waals surface area contributed by atoms with E-state index in [1.807, 2.05) is 0 Å². The molecule has 2 aliphatic carbocycles. The predicted molar refractivity (Wildman–Crippen MR) is 260 cm³/mol. The number of hydrogen-bond acceptors (Lipinski definition) is 3. The molecular formula is C61H39NO2. The number of ether oxygens (including phenoxy) is 2. The summed E-state index contributed by atoms with van der Waals surface area (Å²) in [4.78, 5) is 2.36. The Bertz CT molecular complexity index is 3350. The van der Waals surface area contributed by atoms with Crippen molar-refractivity contribution in [2.45, 2.75) is 5.41 Å². The Balaban J connectivity index is 0.991. The van der Waals surface area contributed by atoms with Crippen LogP contribution < -0.4 is 14.4 Å². The lowest BCUT2D eigenvalue weighted by Crippen LogP contribution is -2.25. The molecule has 0 atom stereocenters. The number of para-hydroxylation sites is 1. The van der Waals surface area contributed by atoms with Crippen molar-refractivity contribution in [2.75, 3.05) is 4.90 Å². The molecule has 0 amide bonds. The van der Waals surface area contributed by atoms with E-state index in [0.29, 0.717) is 23.0 Å². The normalized spacial score (nSPS) is 13.1. The molecule has 0 saturated heterocycles. The van der Waals surface area contributed by atoms with E-state index in [4.69, 9.17) is 9.47 Å². The van der Waals surface area contributed by atoms with E-state index in [0.717, 1.165) is 50.4 Å². The Labute approximate surface area is 372 Å². The second-order valence-electron chi connectivity index (χ2n) is 16.8. The van der Waals surface area contributed by atoms with E-state index in [1.54, 1.807) is 0 Å². The maximum atomic E-state index is 7.09. The van der Waals surface area contributed by atoms with E-state index in [2.05, 4.69) is 241 Å². The smallest absolute Gasteiger partial charge is 0.172 e. The van der Waals surface area contributed by atoms with Gasteiger partial charge in [0.15, 0.2) is 23.0 Å². The van der Waals surface area contributed by atoms with Crippen molar-refractivity contribution in [3.05, 3.63) is 259 Å². The lowest BCUT2D eigenvalue weighted by Gasteiger charge is -2.32. The fourth-order valence-corrected chi connectivity index (χ4v) is 10.6. The van der Waals surface area contributed by atoms with Gasteiger partial charge in [0.05, 0.1) is 16.8 Å². The van der Waals surface area contributed by atoms with Gasteiger partial charge < -0.3 is 14.4 Å². The molecule has 0 bridgehead atoms. The Morgan fingerprint density at radius 2 is 0.719 bits per heavy atom. The van der Waals surface area contributed by atoms with Gasteiger partial charge in [-0.25, -0.2) is 0 Å². The summed E-state index contributed by atoms with van der Waals surface area (Å²) in [5, 5.41) is 0. The summed E-state index contributed by atoms with van der Waals surface area (Å²) in [5.41, 5.74) is 19.3. The van der Waals surface area contributed by atoms with Crippen molar-refractivity contribution in [1.29, 1.82) is 0 Å². The van der Waals surface area contributed by atoms with E-state index < -0.39 is 5.41 Å². The van der Waals surface area contributed by atoms with Crippen LogP contribution in [0.25, 0.3) is 55.6 Å². The highest BCUT2D eigenvalue weighted by atomic mass is 16.6. The van der Waals surface area contributed by atoms with Crippen LogP contribution in [0.3, 0.4) is 0 Å². The van der Waals surface area contributed by atoms with E-state index >= 15 is 0 Å². The van der Waals surface area contributed by atoms with Gasteiger partial charge in [-0.05, 0) is 121 Å². The van der Waals surface area contributed by atoms with Gasteiger partial charge in [-0.1, -0.05) is 182 Å². The van der Waals surface area contributed by atoms with Gasteiger partial charge >= 0.3 is 0 Å². The van der Waals surface area contributed by atoms with Crippen LogP contribution in [0.5, 0.6) is 23.0 Å². The molecule has 1 aliphatic heterocycles. The molecule has 10 aromatic carbocycles. The van der Waals surface area contributed by atoms with Crippen LogP contribution in [0.15, 0.2) is 237 Å². The minimum atomic E-state index is -0.488. The summed E-state index contributed by atoms with van der Waals surface area (Å²) in [7, 11) is 0. The third kappa shape index (κ3) is 5.47. The zero-order valence-corrected chi connectivity index (χ0v) is 34.8. The molecule has 3 aliphatic rings. The zero-order chi connectivity index (χ0) is 42.2. The fraction of sp³-hybridized carbons (Fsp3) is 0.0164. The number of benzene rings is 10. The molecule has 64 heavy (non-hydrogen) atoms. The molecule has 3 heteroatoms. The van der Waals surface area contributed by atoms with Crippen molar-refractivity contribution in [3.8, 4) is 78.6 Å². The highest BCUT2D eigenvalue weighted by Crippen LogP contribution is 2.64. The summed E-state index contributed by atoms with van der Waals surface area (Å²) in [6.45, 7) is 0. The predicted octanol–water partition coefficient (Wildman–Crippen LogP) is 16.4. The average Bonchev–Trinajstić information content (AvgIpc) is 3.83. The van der Waals surface area contributed by atoms with Crippen LogP contribution in [0, 0.1) is 0 Å². The molecule has 0 aromatic heterocycles. The fourth-order valence-electron chi connectivity index (χ4n) is 10.6. The first kappa shape index (κ1) is 36.3. The lowest BCUT2D eigenvalue weighted by atomic mass is 9.70. The Kier molecular flexibility index (Phi) is 8.13. The lowest BCUT2D eigenvalue weighted by molar-refractivity contribution is 0.359. The van der Waals surface area contributed by atoms with Gasteiger partial charge in [0.1, 0.15) is 0 Å². The number of rotatable bonds is 6. The molecule has 0 unspecified atom stereocenters. The number of anilines is 3. The van der Waals surface area contributed by atoms with E-state index in [1.165, 1.54) is 44.5 Å².